The second kappa shape index (κ2) is 4.65. The van der Waals surface area contributed by atoms with E-state index in [0.717, 1.165) is 17.1 Å². The zero-order valence-electron chi connectivity index (χ0n) is 13.2. The van der Waals surface area contributed by atoms with Gasteiger partial charge in [-0.3, -0.25) is 4.79 Å². The van der Waals surface area contributed by atoms with Crippen LogP contribution >= 0.6 is 0 Å². The minimum atomic E-state index is -0.132. The van der Waals surface area contributed by atoms with Crippen LogP contribution in [-0.2, 0) is 0 Å². The third-order valence-electron chi connectivity index (χ3n) is 3.42. The van der Waals surface area contributed by atoms with E-state index in [-0.39, 0.29) is 16.7 Å². The first-order valence-corrected chi connectivity index (χ1v) is 7.03. The molecule has 0 fully saturated rings. The first-order valence-electron chi connectivity index (χ1n) is 7.03. The molecule has 108 valence electrons. The summed E-state index contributed by atoms with van der Waals surface area (Å²) >= 11 is 0. The molecule has 3 nitrogen and oxygen atoms in total. The molecule has 1 aromatic carbocycles. The Hall–Kier alpha value is -1.77. The summed E-state index contributed by atoms with van der Waals surface area (Å²) in [5, 5.41) is 6.59. The molecule has 0 saturated carbocycles. The number of para-hydroxylation sites is 1. The quantitative estimate of drug-likeness (QED) is 0.745. The summed E-state index contributed by atoms with van der Waals surface area (Å²) in [6.45, 7) is 12.8. The first kappa shape index (κ1) is 14.6. The third-order valence-corrected chi connectivity index (χ3v) is 3.42. The smallest absolute Gasteiger partial charge is 0.257 e. The summed E-state index contributed by atoms with van der Waals surface area (Å²) in [5.41, 5.74) is 3.39. The summed E-state index contributed by atoms with van der Waals surface area (Å²) in [5.74, 6) is -0.0442. The van der Waals surface area contributed by atoms with Gasteiger partial charge in [-0.25, -0.2) is 0 Å². The fourth-order valence-electron chi connectivity index (χ4n) is 2.36. The van der Waals surface area contributed by atoms with E-state index in [2.05, 4.69) is 52.2 Å². The number of carbonyl (C=O) groups is 1. The molecule has 3 heteroatoms. The summed E-state index contributed by atoms with van der Waals surface area (Å²) < 4.78 is 0. The van der Waals surface area contributed by atoms with Crippen molar-refractivity contribution in [1.29, 1.82) is 0 Å². The van der Waals surface area contributed by atoms with Crippen molar-refractivity contribution < 1.29 is 4.79 Å². The van der Waals surface area contributed by atoms with Gasteiger partial charge in [-0.1, -0.05) is 53.7 Å². The van der Waals surface area contributed by atoms with Gasteiger partial charge in [0.25, 0.3) is 5.91 Å². The Labute approximate surface area is 121 Å². The van der Waals surface area contributed by atoms with Gasteiger partial charge >= 0.3 is 0 Å². The summed E-state index contributed by atoms with van der Waals surface area (Å²) in [6.07, 6.45) is 0. The molecule has 1 amide bonds. The number of amides is 1. The Morgan fingerprint density at radius 3 is 1.85 bits per heavy atom. The highest BCUT2D eigenvalue weighted by Crippen LogP contribution is 2.38. The molecule has 0 atom stereocenters. The van der Waals surface area contributed by atoms with Crippen LogP contribution in [0.1, 0.15) is 51.9 Å². The fourth-order valence-corrected chi connectivity index (χ4v) is 2.36. The van der Waals surface area contributed by atoms with Gasteiger partial charge in [-0.05, 0) is 12.1 Å². The van der Waals surface area contributed by atoms with Crippen LogP contribution in [0.15, 0.2) is 35.7 Å². The summed E-state index contributed by atoms with van der Waals surface area (Å²) in [6, 6.07) is 7.64. The molecule has 2 N–H and O–H groups in total. The number of carbonyl (C=O) groups excluding carboxylic acids is 1. The molecule has 20 heavy (non-hydrogen) atoms. The Bertz CT molecular complexity index is 571. The van der Waals surface area contributed by atoms with E-state index in [1.807, 2.05) is 24.3 Å². The maximum absolute atomic E-state index is 12.4. The van der Waals surface area contributed by atoms with Gasteiger partial charge < -0.3 is 10.6 Å². The minimum absolute atomic E-state index is 0.0442. The average molecular weight is 272 g/mol. The standard InChI is InChI=1S/C17H24N2O/c1-16(2,3)13-14(17(4,5)6)19-15(20)11-9-7-8-10-12(11)18-13/h7-10,18H,1-6H3,(H,19,20). The average Bonchev–Trinajstić information content (AvgIpc) is 2.46. The molecular weight excluding hydrogens is 248 g/mol. The van der Waals surface area contributed by atoms with Crippen molar-refractivity contribution in [3.05, 3.63) is 41.2 Å². The predicted molar refractivity (Wildman–Crippen MR) is 83.5 cm³/mol. The second-order valence-corrected chi connectivity index (χ2v) is 7.37. The molecule has 0 spiro atoms. The molecule has 0 saturated heterocycles. The van der Waals surface area contributed by atoms with Crippen molar-refractivity contribution >= 4 is 11.6 Å². The Morgan fingerprint density at radius 1 is 0.800 bits per heavy atom. The molecule has 1 aromatic rings. The molecule has 0 unspecified atom stereocenters. The number of hydrogen-bond acceptors (Lipinski definition) is 2. The van der Waals surface area contributed by atoms with E-state index in [0.29, 0.717) is 5.56 Å². The molecule has 1 heterocycles. The van der Waals surface area contributed by atoms with Crippen LogP contribution in [0, 0.1) is 10.8 Å². The monoisotopic (exact) mass is 272 g/mol. The first-order chi connectivity index (χ1) is 9.10. The lowest BCUT2D eigenvalue weighted by atomic mass is 9.82. The number of fused-ring (bicyclic) bond motifs is 1. The van der Waals surface area contributed by atoms with Crippen LogP contribution in [-0.4, -0.2) is 5.91 Å². The van der Waals surface area contributed by atoms with Crippen LogP contribution in [0.3, 0.4) is 0 Å². The lowest BCUT2D eigenvalue weighted by molar-refractivity contribution is 0.0958. The predicted octanol–water partition coefficient (Wildman–Crippen LogP) is 4.15. The van der Waals surface area contributed by atoms with Crippen LogP contribution in [0.4, 0.5) is 5.69 Å². The van der Waals surface area contributed by atoms with Gasteiger partial charge in [0.2, 0.25) is 0 Å². The maximum Gasteiger partial charge on any atom is 0.257 e. The van der Waals surface area contributed by atoms with E-state index < -0.39 is 0 Å². The van der Waals surface area contributed by atoms with Crippen molar-refractivity contribution in [3.8, 4) is 0 Å². The van der Waals surface area contributed by atoms with Crippen LogP contribution < -0.4 is 10.6 Å². The Morgan fingerprint density at radius 2 is 1.30 bits per heavy atom. The largest absolute Gasteiger partial charge is 0.356 e. The van der Waals surface area contributed by atoms with Crippen LogP contribution in [0.2, 0.25) is 0 Å². The Balaban J connectivity index is 2.64. The number of benzene rings is 1. The summed E-state index contributed by atoms with van der Waals surface area (Å²) in [7, 11) is 0. The highest BCUT2D eigenvalue weighted by atomic mass is 16.1. The van der Waals surface area contributed by atoms with Crippen molar-refractivity contribution in [1.82, 2.24) is 5.32 Å². The molecule has 1 aliphatic heterocycles. The molecule has 2 rings (SSSR count). The number of anilines is 1. The normalized spacial score (nSPS) is 16.2. The fraction of sp³-hybridized carbons (Fsp3) is 0.471. The van der Waals surface area contributed by atoms with Crippen molar-refractivity contribution in [2.45, 2.75) is 41.5 Å². The van der Waals surface area contributed by atoms with Gasteiger partial charge in [0.05, 0.1) is 11.3 Å². The van der Waals surface area contributed by atoms with Crippen molar-refractivity contribution in [2.24, 2.45) is 10.8 Å². The summed E-state index contributed by atoms with van der Waals surface area (Å²) in [4.78, 5) is 12.4. The topological polar surface area (TPSA) is 41.1 Å². The minimum Gasteiger partial charge on any atom is -0.356 e. The molecule has 0 radical (unpaired) electrons. The van der Waals surface area contributed by atoms with Crippen LogP contribution in [0.25, 0.3) is 0 Å². The number of nitrogens with one attached hydrogen (secondary N) is 2. The van der Waals surface area contributed by atoms with Crippen molar-refractivity contribution in [3.63, 3.8) is 0 Å². The highest BCUT2D eigenvalue weighted by molar-refractivity contribution is 6.01. The van der Waals surface area contributed by atoms with Gasteiger partial charge in [-0.15, -0.1) is 0 Å². The van der Waals surface area contributed by atoms with Gasteiger partial charge in [0, 0.05) is 22.2 Å². The Kier molecular flexibility index (Phi) is 3.41. The van der Waals surface area contributed by atoms with E-state index in [1.54, 1.807) is 0 Å². The zero-order chi connectivity index (χ0) is 15.1. The van der Waals surface area contributed by atoms with Gasteiger partial charge in [0.15, 0.2) is 0 Å². The van der Waals surface area contributed by atoms with Crippen molar-refractivity contribution in [2.75, 3.05) is 5.32 Å². The number of hydrogen-bond donors (Lipinski definition) is 2. The molecular formula is C17H24N2O. The SMILES string of the molecule is CC(C)(C)C1=C(C(C)(C)C)Nc2ccccc2C(=O)N1. The third kappa shape index (κ3) is 2.72. The lowest BCUT2D eigenvalue weighted by Gasteiger charge is -2.32. The van der Waals surface area contributed by atoms with E-state index in [1.165, 1.54) is 0 Å². The number of allylic oxidation sites excluding steroid dienone is 2. The molecule has 1 aliphatic rings. The number of rotatable bonds is 0. The maximum atomic E-state index is 12.4. The molecule has 0 aromatic heterocycles. The lowest BCUT2D eigenvalue weighted by Crippen LogP contribution is -2.33. The van der Waals surface area contributed by atoms with Crippen LogP contribution in [0.5, 0.6) is 0 Å². The molecule has 0 bridgehead atoms. The zero-order valence-corrected chi connectivity index (χ0v) is 13.2. The second-order valence-electron chi connectivity index (χ2n) is 7.37. The van der Waals surface area contributed by atoms with Gasteiger partial charge in [0.1, 0.15) is 0 Å². The van der Waals surface area contributed by atoms with Gasteiger partial charge in [-0.2, -0.15) is 0 Å². The van der Waals surface area contributed by atoms with E-state index in [4.69, 9.17) is 0 Å². The molecule has 0 aliphatic carbocycles. The van der Waals surface area contributed by atoms with E-state index >= 15 is 0 Å². The van der Waals surface area contributed by atoms with E-state index in [9.17, 15) is 4.79 Å². The highest BCUT2D eigenvalue weighted by Gasteiger charge is 2.32.